The van der Waals surface area contributed by atoms with Crippen LogP contribution in [0.15, 0.2) is 0 Å². The third kappa shape index (κ3) is 8.47. The average Bonchev–Trinajstić information content (AvgIpc) is 2.32. The standard InChI is InChI=1S/C13H24N2O5/c1-13(2,3)12(20)15-7-4-5-10(17)14-8-6-9(16)11(18)19/h9,16H,4-8H2,1-3H3,(H,14,17)(H,15,20)(H,18,19). The van der Waals surface area contributed by atoms with Crippen LogP contribution in [0.2, 0.25) is 0 Å². The van der Waals surface area contributed by atoms with Crippen molar-refractivity contribution in [2.75, 3.05) is 13.1 Å². The summed E-state index contributed by atoms with van der Waals surface area (Å²) in [5, 5.41) is 22.7. The second-order valence-electron chi connectivity index (χ2n) is 5.60. The Bertz CT molecular complexity index is 349. The summed E-state index contributed by atoms with van der Waals surface area (Å²) in [6.07, 6.45) is -0.730. The molecule has 1 atom stereocenters. The molecule has 0 saturated carbocycles. The largest absolute Gasteiger partial charge is 0.479 e. The molecule has 0 radical (unpaired) electrons. The van der Waals surface area contributed by atoms with E-state index in [0.29, 0.717) is 13.0 Å². The maximum atomic E-state index is 11.5. The molecule has 0 aromatic rings. The first-order chi connectivity index (χ1) is 9.14. The predicted octanol–water partition coefficient (Wildman–Crippen LogP) is -0.119. The lowest BCUT2D eigenvalue weighted by Gasteiger charge is -2.17. The van der Waals surface area contributed by atoms with Gasteiger partial charge >= 0.3 is 5.97 Å². The van der Waals surface area contributed by atoms with Gasteiger partial charge in [-0.25, -0.2) is 4.79 Å². The molecule has 4 N–H and O–H groups in total. The van der Waals surface area contributed by atoms with Crippen LogP contribution in [0.25, 0.3) is 0 Å². The van der Waals surface area contributed by atoms with Gasteiger partial charge in [-0.05, 0) is 6.42 Å². The lowest BCUT2D eigenvalue weighted by Crippen LogP contribution is -2.36. The normalized spacial score (nSPS) is 12.6. The molecule has 0 saturated heterocycles. The van der Waals surface area contributed by atoms with Crippen LogP contribution >= 0.6 is 0 Å². The highest BCUT2D eigenvalue weighted by atomic mass is 16.4. The van der Waals surface area contributed by atoms with E-state index < -0.39 is 17.5 Å². The number of rotatable bonds is 8. The maximum absolute atomic E-state index is 11.5. The van der Waals surface area contributed by atoms with E-state index in [1.807, 2.05) is 20.8 Å². The molecule has 0 spiro atoms. The highest BCUT2D eigenvalue weighted by molar-refractivity contribution is 5.81. The van der Waals surface area contributed by atoms with E-state index in [1.165, 1.54) is 0 Å². The highest BCUT2D eigenvalue weighted by Gasteiger charge is 2.20. The Kier molecular flexibility index (Phi) is 7.83. The molecule has 0 heterocycles. The number of carboxylic acid groups (broad SMARTS) is 1. The van der Waals surface area contributed by atoms with Gasteiger partial charge in [0.1, 0.15) is 0 Å². The Hall–Kier alpha value is -1.63. The van der Waals surface area contributed by atoms with E-state index in [1.54, 1.807) is 0 Å². The monoisotopic (exact) mass is 288 g/mol. The molecule has 7 heteroatoms. The number of aliphatic hydroxyl groups excluding tert-OH is 1. The van der Waals surface area contributed by atoms with Crippen LogP contribution in [0.5, 0.6) is 0 Å². The number of amides is 2. The lowest BCUT2D eigenvalue weighted by atomic mass is 9.96. The molecule has 0 fully saturated rings. The lowest BCUT2D eigenvalue weighted by molar-refractivity contribution is -0.147. The number of aliphatic carboxylic acids is 1. The van der Waals surface area contributed by atoms with Crippen LogP contribution in [0.1, 0.15) is 40.0 Å². The predicted molar refractivity (Wildman–Crippen MR) is 73.0 cm³/mol. The van der Waals surface area contributed by atoms with Gasteiger partial charge in [-0.1, -0.05) is 20.8 Å². The fraction of sp³-hybridized carbons (Fsp3) is 0.769. The molecule has 2 amide bonds. The quantitative estimate of drug-likeness (QED) is 0.465. The molecule has 20 heavy (non-hydrogen) atoms. The van der Waals surface area contributed by atoms with Crippen molar-refractivity contribution in [2.45, 2.75) is 46.1 Å². The van der Waals surface area contributed by atoms with Crippen molar-refractivity contribution in [1.29, 1.82) is 0 Å². The molecule has 0 aromatic carbocycles. The Balaban J connectivity index is 3.65. The van der Waals surface area contributed by atoms with Gasteiger partial charge in [0.25, 0.3) is 0 Å². The Morgan fingerprint density at radius 1 is 1.10 bits per heavy atom. The van der Waals surface area contributed by atoms with Crippen molar-refractivity contribution in [3.63, 3.8) is 0 Å². The van der Waals surface area contributed by atoms with E-state index in [9.17, 15) is 14.4 Å². The summed E-state index contributed by atoms with van der Waals surface area (Å²) in [5.41, 5.74) is -0.449. The molecule has 0 aliphatic heterocycles. The van der Waals surface area contributed by atoms with E-state index in [4.69, 9.17) is 10.2 Å². The zero-order valence-electron chi connectivity index (χ0n) is 12.2. The number of carboxylic acids is 1. The van der Waals surface area contributed by atoms with Gasteiger partial charge < -0.3 is 20.8 Å². The zero-order valence-corrected chi connectivity index (χ0v) is 12.2. The summed E-state index contributed by atoms with van der Waals surface area (Å²) in [4.78, 5) is 33.2. The third-order valence-corrected chi connectivity index (χ3v) is 2.57. The van der Waals surface area contributed by atoms with Crippen molar-refractivity contribution in [3.8, 4) is 0 Å². The Labute approximate surface area is 118 Å². The second-order valence-corrected chi connectivity index (χ2v) is 5.60. The minimum atomic E-state index is -1.46. The van der Waals surface area contributed by atoms with Crippen LogP contribution in [-0.2, 0) is 14.4 Å². The first-order valence-corrected chi connectivity index (χ1v) is 6.60. The molecule has 7 nitrogen and oxygen atoms in total. The number of hydrogen-bond donors (Lipinski definition) is 4. The molecule has 0 rings (SSSR count). The van der Waals surface area contributed by atoms with Crippen molar-refractivity contribution in [1.82, 2.24) is 10.6 Å². The first kappa shape index (κ1) is 18.4. The molecule has 116 valence electrons. The van der Waals surface area contributed by atoms with Crippen molar-refractivity contribution < 1.29 is 24.6 Å². The number of carbonyl (C=O) groups is 3. The molecular formula is C13H24N2O5. The minimum Gasteiger partial charge on any atom is -0.479 e. The van der Waals surface area contributed by atoms with Crippen LogP contribution in [0, 0.1) is 5.41 Å². The van der Waals surface area contributed by atoms with E-state index in [2.05, 4.69) is 10.6 Å². The highest BCUT2D eigenvalue weighted by Crippen LogP contribution is 2.12. The van der Waals surface area contributed by atoms with Crippen molar-refractivity contribution in [2.24, 2.45) is 5.41 Å². The first-order valence-electron chi connectivity index (χ1n) is 6.60. The van der Waals surface area contributed by atoms with Gasteiger partial charge in [0.2, 0.25) is 11.8 Å². The SMILES string of the molecule is CC(C)(C)C(=O)NCCCC(=O)NCCC(O)C(=O)O. The fourth-order valence-electron chi connectivity index (χ4n) is 1.28. The molecule has 0 aliphatic rings. The Morgan fingerprint density at radius 2 is 1.70 bits per heavy atom. The van der Waals surface area contributed by atoms with Crippen LogP contribution < -0.4 is 10.6 Å². The summed E-state index contributed by atoms with van der Waals surface area (Å²) in [6.45, 7) is 5.95. The van der Waals surface area contributed by atoms with Crippen LogP contribution in [-0.4, -0.2) is 47.2 Å². The van der Waals surface area contributed by atoms with E-state index >= 15 is 0 Å². The summed E-state index contributed by atoms with van der Waals surface area (Å²) in [5.74, 6) is -1.60. The summed E-state index contributed by atoms with van der Waals surface area (Å²) in [6, 6.07) is 0. The molecule has 0 aliphatic carbocycles. The van der Waals surface area contributed by atoms with E-state index in [-0.39, 0.29) is 31.2 Å². The van der Waals surface area contributed by atoms with Crippen molar-refractivity contribution in [3.05, 3.63) is 0 Å². The molecule has 0 aromatic heterocycles. The number of carbonyl (C=O) groups excluding carboxylic acids is 2. The number of aliphatic hydroxyl groups is 1. The Morgan fingerprint density at radius 3 is 2.20 bits per heavy atom. The molecular weight excluding hydrogens is 264 g/mol. The number of nitrogens with one attached hydrogen (secondary N) is 2. The smallest absolute Gasteiger partial charge is 0.332 e. The van der Waals surface area contributed by atoms with Gasteiger partial charge in [-0.3, -0.25) is 9.59 Å². The van der Waals surface area contributed by atoms with Gasteiger partial charge in [0, 0.05) is 31.3 Å². The van der Waals surface area contributed by atoms with Crippen LogP contribution in [0.4, 0.5) is 0 Å². The topological polar surface area (TPSA) is 116 Å². The second kappa shape index (κ2) is 8.52. The van der Waals surface area contributed by atoms with Crippen LogP contribution in [0.3, 0.4) is 0 Å². The summed E-state index contributed by atoms with van der Waals surface area (Å²) < 4.78 is 0. The van der Waals surface area contributed by atoms with Gasteiger partial charge in [-0.2, -0.15) is 0 Å². The molecule has 0 bridgehead atoms. The summed E-state index contributed by atoms with van der Waals surface area (Å²) >= 11 is 0. The average molecular weight is 288 g/mol. The minimum absolute atomic E-state index is 0.0260. The van der Waals surface area contributed by atoms with Gasteiger partial charge in [-0.15, -0.1) is 0 Å². The fourth-order valence-corrected chi connectivity index (χ4v) is 1.28. The maximum Gasteiger partial charge on any atom is 0.332 e. The zero-order chi connectivity index (χ0) is 15.8. The third-order valence-electron chi connectivity index (χ3n) is 2.57. The summed E-state index contributed by atoms with van der Waals surface area (Å²) in [7, 11) is 0. The van der Waals surface area contributed by atoms with Gasteiger partial charge in [0.05, 0.1) is 0 Å². The van der Waals surface area contributed by atoms with E-state index in [0.717, 1.165) is 0 Å². The molecule has 1 unspecified atom stereocenters. The van der Waals surface area contributed by atoms with Crippen molar-refractivity contribution >= 4 is 17.8 Å². The van der Waals surface area contributed by atoms with Gasteiger partial charge in [0.15, 0.2) is 6.10 Å². The number of hydrogen-bond acceptors (Lipinski definition) is 4.